The van der Waals surface area contributed by atoms with Crippen LogP contribution in [0.15, 0.2) is 60.7 Å². The summed E-state index contributed by atoms with van der Waals surface area (Å²) in [5.74, 6) is -4.72. The molecule has 4 atom stereocenters. The summed E-state index contributed by atoms with van der Waals surface area (Å²) in [6.07, 6.45) is 0. The summed E-state index contributed by atoms with van der Waals surface area (Å²) in [6, 6.07) is 19.2. The molecule has 0 aromatic heterocycles. The zero-order valence-corrected chi connectivity index (χ0v) is 13.3. The van der Waals surface area contributed by atoms with Gasteiger partial charge in [-0.1, -0.05) is 60.7 Å². The molecule has 6 heteroatoms. The first-order valence-electron chi connectivity index (χ1n) is 7.83. The van der Waals surface area contributed by atoms with Gasteiger partial charge in [-0.05, 0) is 5.56 Å². The molecule has 0 aliphatic carbocycles. The first kappa shape index (κ1) is 16.7. The van der Waals surface area contributed by atoms with E-state index in [4.69, 9.17) is 5.73 Å². The van der Waals surface area contributed by atoms with Crippen molar-refractivity contribution in [2.45, 2.75) is 11.6 Å². The van der Waals surface area contributed by atoms with Crippen molar-refractivity contribution < 1.29 is 14.7 Å². The van der Waals surface area contributed by atoms with E-state index in [-0.39, 0.29) is 0 Å². The molecule has 0 saturated carbocycles. The maximum absolute atomic E-state index is 12.6. The summed E-state index contributed by atoms with van der Waals surface area (Å²) in [7, 11) is 0. The molecule has 1 aliphatic heterocycles. The molecule has 0 radical (unpaired) electrons. The fourth-order valence-corrected chi connectivity index (χ4v) is 3.44. The predicted octanol–water partition coefficient (Wildman–Crippen LogP) is 0.987. The van der Waals surface area contributed by atoms with Crippen molar-refractivity contribution in [2.75, 3.05) is 0 Å². The van der Waals surface area contributed by atoms with Crippen LogP contribution in [-0.2, 0) is 15.3 Å². The maximum Gasteiger partial charge on any atom is 0.235 e. The SMILES string of the molecule is N#CC1C(c2ccccc2)C(C(N)=O)C(=O)NC1(O)c1ccccc1. The van der Waals surface area contributed by atoms with Crippen LogP contribution in [0.3, 0.4) is 0 Å². The van der Waals surface area contributed by atoms with Crippen LogP contribution >= 0.6 is 0 Å². The predicted molar refractivity (Wildman–Crippen MR) is 89.5 cm³/mol. The quantitative estimate of drug-likeness (QED) is 0.725. The number of benzene rings is 2. The lowest BCUT2D eigenvalue weighted by Gasteiger charge is -2.44. The lowest BCUT2D eigenvalue weighted by atomic mass is 9.67. The van der Waals surface area contributed by atoms with Gasteiger partial charge in [0.1, 0.15) is 11.8 Å². The number of nitrogens with two attached hydrogens (primary N) is 1. The van der Waals surface area contributed by atoms with E-state index in [1.54, 1.807) is 60.7 Å². The molecular formula is C19H17N3O3. The van der Waals surface area contributed by atoms with Crippen LogP contribution in [0.1, 0.15) is 17.0 Å². The molecule has 2 aromatic rings. The number of nitriles is 1. The molecule has 4 N–H and O–H groups in total. The fourth-order valence-electron chi connectivity index (χ4n) is 3.44. The summed E-state index contributed by atoms with van der Waals surface area (Å²) in [6.45, 7) is 0. The molecule has 3 rings (SSSR count). The number of hydrogen-bond acceptors (Lipinski definition) is 4. The topological polar surface area (TPSA) is 116 Å². The van der Waals surface area contributed by atoms with Gasteiger partial charge in [0.05, 0.1) is 6.07 Å². The van der Waals surface area contributed by atoms with Crippen molar-refractivity contribution in [3.05, 3.63) is 71.8 Å². The lowest BCUT2D eigenvalue weighted by molar-refractivity contribution is -0.153. The molecule has 6 nitrogen and oxygen atoms in total. The zero-order valence-electron chi connectivity index (χ0n) is 13.3. The minimum atomic E-state index is -1.92. The number of carbonyl (C=O) groups excluding carboxylic acids is 2. The molecule has 1 aliphatic rings. The van der Waals surface area contributed by atoms with E-state index in [9.17, 15) is 20.0 Å². The van der Waals surface area contributed by atoms with Crippen LogP contribution in [-0.4, -0.2) is 16.9 Å². The largest absolute Gasteiger partial charge is 0.369 e. The van der Waals surface area contributed by atoms with Gasteiger partial charge < -0.3 is 16.2 Å². The third-order valence-electron chi connectivity index (χ3n) is 4.61. The van der Waals surface area contributed by atoms with E-state index >= 15 is 0 Å². The Morgan fingerprint density at radius 2 is 1.68 bits per heavy atom. The number of primary amides is 1. The van der Waals surface area contributed by atoms with Crippen molar-refractivity contribution in [1.29, 1.82) is 5.26 Å². The molecule has 2 amide bonds. The summed E-state index contributed by atoms with van der Waals surface area (Å²) < 4.78 is 0. The van der Waals surface area contributed by atoms with Crippen LogP contribution in [0.4, 0.5) is 0 Å². The van der Waals surface area contributed by atoms with E-state index in [0.717, 1.165) is 0 Å². The van der Waals surface area contributed by atoms with Crippen LogP contribution in [0.5, 0.6) is 0 Å². The highest BCUT2D eigenvalue weighted by atomic mass is 16.3. The van der Waals surface area contributed by atoms with E-state index in [1.807, 2.05) is 0 Å². The van der Waals surface area contributed by atoms with Crippen LogP contribution in [0, 0.1) is 23.2 Å². The van der Waals surface area contributed by atoms with Crippen LogP contribution < -0.4 is 11.1 Å². The standard InChI is InChI=1S/C19H17N3O3/c20-11-14-15(12-7-3-1-4-8-12)16(17(21)23)18(24)22-19(14,25)13-9-5-2-6-10-13/h1-10,14-16,25H,(H2,21,23)(H,22,24). The van der Waals surface area contributed by atoms with Crippen molar-refractivity contribution in [2.24, 2.45) is 17.6 Å². The van der Waals surface area contributed by atoms with Crippen molar-refractivity contribution in [3.63, 3.8) is 0 Å². The van der Waals surface area contributed by atoms with E-state index in [1.165, 1.54) is 0 Å². The van der Waals surface area contributed by atoms with Crippen LogP contribution in [0.2, 0.25) is 0 Å². The molecule has 1 fully saturated rings. The summed E-state index contributed by atoms with van der Waals surface area (Å²) in [5, 5.41) is 23.4. The Bertz CT molecular complexity index is 832. The Labute approximate surface area is 144 Å². The Balaban J connectivity index is 2.18. The highest BCUT2D eigenvalue weighted by Crippen LogP contribution is 2.45. The number of amides is 2. The molecule has 2 aromatic carbocycles. The second-order valence-corrected chi connectivity index (χ2v) is 6.04. The smallest absolute Gasteiger partial charge is 0.235 e. The molecule has 25 heavy (non-hydrogen) atoms. The van der Waals surface area contributed by atoms with Gasteiger partial charge in [-0.3, -0.25) is 9.59 Å². The van der Waals surface area contributed by atoms with Gasteiger partial charge in [0.25, 0.3) is 0 Å². The normalized spacial score (nSPS) is 28.6. The van der Waals surface area contributed by atoms with Gasteiger partial charge in [-0.2, -0.15) is 5.26 Å². The third kappa shape index (κ3) is 2.75. The van der Waals surface area contributed by atoms with Crippen molar-refractivity contribution >= 4 is 11.8 Å². The lowest BCUT2D eigenvalue weighted by Crippen LogP contribution is -2.62. The Kier molecular flexibility index (Phi) is 4.26. The van der Waals surface area contributed by atoms with Gasteiger partial charge in [-0.15, -0.1) is 0 Å². The third-order valence-corrected chi connectivity index (χ3v) is 4.61. The summed E-state index contributed by atoms with van der Waals surface area (Å²) >= 11 is 0. The first-order chi connectivity index (χ1) is 12.0. The molecule has 0 spiro atoms. The molecule has 0 bridgehead atoms. The summed E-state index contributed by atoms with van der Waals surface area (Å²) in [5.41, 5.74) is 4.49. The van der Waals surface area contributed by atoms with Gasteiger partial charge in [0, 0.05) is 11.5 Å². The molecule has 1 heterocycles. The van der Waals surface area contributed by atoms with E-state index < -0.39 is 35.3 Å². The number of nitrogens with zero attached hydrogens (tertiary/aromatic N) is 1. The van der Waals surface area contributed by atoms with Gasteiger partial charge in [0.15, 0.2) is 5.72 Å². The van der Waals surface area contributed by atoms with Crippen molar-refractivity contribution in [3.8, 4) is 6.07 Å². The monoisotopic (exact) mass is 335 g/mol. The number of piperidine rings is 1. The minimum absolute atomic E-state index is 0.374. The minimum Gasteiger partial charge on any atom is -0.369 e. The molecular weight excluding hydrogens is 318 g/mol. The number of nitrogens with one attached hydrogen (secondary N) is 1. The van der Waals surface area contributed by atoms with Crippen molar-refractivity contribution in [1.82, 2.24) is 5.32 Å². The van der Waals surface area contributed by atoms with Gasteiger partial charge in [0.2, 0.25) is 11.8 Å². The Morgan fingerprint density at radius 1 is 1.12 bits per heavy atom. The Hall–Kier alpha value is -3.17. The number of hydrogen-bond donors (Lipinski definition) is 3. The second kappa shape index (κ2) is 6.38. The summed E-state index contributed by atoms with van der Waals surface area (Å²) in [4.78, 5) is 24.5. The average Bonchev–Trinajstić information content (AvgIpc) is 2.62. The highest BCUT2D eigenvalue weighted by Gasteiger charge is 2.55. The molecule has 126 valence electrons. The maximum atomic E-state index is 12.6. The first-order valence-corrected chi connectivity index (χ1v) is 7.83. The zero-order chi connectivity index (χ0) is 18.0. The molecule has 4 unspecified atom stereocenters. The number of rotatable bonds is 3. The van der Waals surface area contributed by atoms with E-state index in [2.05, 4.69) is 11.4 Å². The fraction of sp³-hybridized carbons (Fsp3) is 0.211. The van der Waals surface area contributed by atoms with Gasteiger partial charge in [-0.25, -0.2) is 0 Å². The second-order valence-electron chi connectivity index (χ2n) is 6.04. The average molecular weight is 335 g/mol. The van der Waals surface area contributed by atoms with Crippen LogP contribution in [0.25, 0.3) is 0 Å². The highest BCUT2D eigenvalue weighted by molar-refractivity contribution is 6.01. The molecule has 1 saturated heterocycles. The van der Waals surface area contributed by atoms with Gasteiger partial charge >= 0.3 is 0 Å². The Morgan fingerprint density at radius 3 is 2.20 bits per heavy atom. The van der Waals surface area contributed by atoms with E-state index in [0.29, 0.717) is 11.1 Å². The number of carbonyl (C=O) groups is 2. The number of aliphatic hydroxyl groups is 1.